The molecule has 2 aromatic carbocycles. The molecule has 1 aliphatic heterocycles. The fraction of sp³-hybridized carbons (Fsp3) is 0.0625. The summed E-state index contributed by atoms with van der Waals surface area (Å²) in [5.41, 5.74) is 4.45. The SMILES string of the molecule is ON=Cc1cccc2c1CN(c1ccccc1)C=C2. The first-order chi connectivity index (χ1) is 9.38. The van der Waals surface area contributed by atoms with Gasteiger partial charge in [-0.05, 0) is 29.3 Å². The first kappa shape index (κ1) is 11.5. The summed E-state index contributed by atoms with van der Waals surface area (Å²) in [6, 6.07) is 16.2. The Kier molecular flexibility index (Phi) is 3.02. The maximum absolute atomic E-state index is 8.74. The summed E-state index contributed by atoms with van der Waals surface area (Å²) >= 11 is 0. The second kappa shape index (κ2) is 4.98. The lowest BCUT2D eigenvalue weighted by Crippen LogP contribution is -2.20. The number of oxime groups is 1. The lowest BCUT2D eigenvalue weighted by atomic mass is 9.98. The Morgan fingerprint density at radius 3 is 2.68 bits per heavy atom. The highest BCUT2D eigenvalue weighted by atomic mass is 16.4. The minimum absolute atomic E-state index is 0.776. The maximum Gasteiger partial charge on any atom is 0.0737 e. The minimum atomic E-state index is 0.776. The van der Waals surface area contributed by atoms with Crippen LogP contribution in [-0.4, -0.2) is 11.4 Å². The van der Waals surface area contributed by atoms with E-state index in [9.17, 15) is 0 Å². The van der Waals surface area contributed by atoms with Gasteiger partial charge in [0, 0.05) is 24.0 Å². The molecule has 0 aromatic heterocycles. The summed E-state index contributed by atoms with van der Waals surface area (Å²) in [5, 5.41) is 11.9. The van der Waals surface area contributed by atoms with Crippen molar-refractivity contribution in [3.8, 4) is 0 Å². The number of fused-ring (bicyclic) bond motifs is 1. The average molecular weight is 250 g/mol. The van der Waals surface area contributed by atoms with Crippen LogP contribution in [0.3, 0.4) is 0 Å². The molecule has 2 aromatic rings. The summed E-state index contributed by atoms with van der Waals surface area (Å²) in [7, 11) is 0. The van der Waals surface area contributed by atoms with Crippen LogP contribution in [-0.2, 0) is 6.54 Å². The van der Waals surface area contributed by atoms with Gasteiger partial charge in [0.15, 0.2) is 0 Å². The van der Waals surface area contributed by atoms with Gasteiger partial charge in [-0.3, -0.25) is 0 Å². The molecule has 0 bridgehead atoms. The van der Waals surface area contributed by atoms with Gasteiger partial charge >= 0.3 is 0 Å². The van der Waals surface area contributed by atoms with Gasteiger partial charge < -0.3 is 10.1 Å². The topological polar surface area (TPSA) is 35.8 Å². The molecule has 0 aliphatic carbocycles. The molecule has 1 N–H and O–H groups in total. The Bertz CT molecular complexity index is 632. The predicted octanol–water partition coefficient (Wildman–Crippen LogP) is 3.49. The van der Waals surface area contributed by atoms with E-state index in [1.54, 1.807) is 0 Å². The summed E-state index contributed by atoms with van der Waals surface area (Å²) in [5.74, 6) is 0. The smallest absolute Gasteiger partial charge is 0.0737 e. The molecule has 3 heteroatoms. The van der Waals surface area contributed by atoms with Crippen molar-refractivity contribution in [2.45, 2.75) is 6.54 Å². The van der Waals surface area contributed by atoms with Gasteiger partial charge in [-0.1, -0.05) is 41.6 Å². The molecule has 1 heterocycles. The normalized spacial score (nSPS) is 13.8. The van der Waals surface area contributed by atoms with Crippen LogP contribution in [0.1, 0.15) is 16.7 Å². The second-order valence-electron chi connectivity index (χ2n) is 4.44. The van der Waals surface area contributed by atoms with Crippen molar-refractivity contribution in [2.24, 2.45) is 5.16 Å². The van der Waals surface area contributed by atoms with Crippen LogP contribution in [0.4, 0.5) is 5.69 Å². The van der Waals surface area contributed by atoms with Crippen LogP contribution in [0, 0.1) is 0 Å². The van der Waals surface area contributed by atoms with Gasteiger partial charge in [0.25, 0.3) is 0 Å². The van der Waals surface area contributed by atoms with E-state index < -0.39 is 0 Å². The van der Waals surface area contributed by atoms with Gasteiger partial charge in [0.1, 0.15) is 0 Å². The third-order valence-corrected chi connectivity index (χ3v) is 3.30. The molecule has 0 saturated carbocycles. The molecule has 0 unspecified atom stereocenters. The summed E-state index contributed by atoms with van der Waals surface area (Å²) in [6.45, 7) is 0.776. The Hall–Kier alpha value is -2.55. The molecular formula is C16H14N2O. The predicted molar refractivity (Wildman–Crippen MR) is 77.5 cm³/mol. The Balaban J connectivity index is 1.99. The van der Waals surface area contributed by atoms with Crippen molar-refractivity contribution >= 4 is 18.0 Å². The van der Waals surface area contributed by atoms with E-state index in [4.69, 9.17) is 5.21 Å². The Labute approximate surface area is 112 Å². The highest BCUT2D eigenvalue weighted by Crippen LogP contribution is 2.26. The number of rotatable bonds is 2. The van der Waals surface area contributed by atoms with Crippen molar-refractivity contribution in [2.75, 3.05) is 4.90 Å². The van der Waals surface area contributed by atoms with Gasteiger partial charge in [0.05, 0.1) is 6.21 Å². The standard InChI is InChI=1S/C16H14N2O/c19-17-11-14-6-4-5-13-9-10-18(12-16(13)14)15-7-2-1-3-8-15/h1-11,19H,12H2. The van der Waals surface area contributed by atoms with Gasteiger partial charge in [-0.25, -0.2) is 0 Å². The molecule has 0 amide bonds. The monoisotopic (exact) mass is 250 g/mol. The van der Waals surface area contributed by atoms with Crippen molar-refractivity contribution in [1.82, 2.24) is 0 Å². The molecule has 0 fully saturated rings. The number of hydrogen-bond acceptors (Lipinski definition) is 3. The molecule has 3 nitrogen and oxygen atoms in total. The van der Waals surface area contributed by atoms with Crippen LogP contribution >= 0.6 is 0 Å². The quantitative estimate of drug-likeness (QED) is 0.503. The van der Waals surface area contributed by atoms with E-state index >= 15 is 0 Å². The van der Waals surface area contributed by atoms with Crippen LogP contribution in [0.25, 0.3) is 6.08 Å². The molecule has 1 aliphatic rings. The van der Waals surface area contributed by atoms with E-state index in [-0.39, 0.29) is 0 Å². The van der Waals surface area contributed by atoms with Gasteiger partial charge in [-0.2, -0.15) is 0 Å². The largest absolute Gasteiger partial charge is 0.411 e. The first-order valence-corrected chi connectivity index (χ1v) is 6.18. The molecular weight excluding hydrogens is 236 g/mol. The number of benzene rings is 2. The van der Waals surface area contributed by atoms with E-state index in [0.29, 0.717) is 0 Å². The maximum atomic E-state index is 8.74. The molecule has 3 rings (SSSR count). The summed E-state index contributed by atoms with van der Waals surface area (Å²) in [6.07, 6.45) is 5.65. The van der Waals surface area contributed by atoms with E-state index in [1.165, 1.54) is 17.3 Å². The second-order valence-corrected chi connectivity index (χ2v) is 4.44. The van der Waals surface area contributed by atoms with Crippen molar-refractivity contribution in [3.05, 3.63) is 71.4 Å². The molecule has 0 saturated heterocycles. The van der Waals surface area contributed by atoms with E-state index in [1.807, 2.05) is 30.3 Å². The lowest BCUT2D eigenvalue weighted by molar-refractivity contribution is 0.322. The Morgan fingerprint density at radius 2 is 1.89 bits per heavy atom. The zero-order chi connectivity index (χ0) is 13.1. The van der Waals surface area contributed by atoms with Crippen molar-refractivity contribution < 1.29 is 5.21 Å². The fourth-order valence-corrected chi connectivity index (χ4v) is 2.34. The molecule has 0 atom stereocenters. The Morgan fingerprint density at radius 1 is 1.05 bits per heavy atom. The van der Waals surface area contributed by atoms with Crippen LogP contribution < -0.4 is 4.90 Å². The summed E-state index contributed by atoms with van der Waals surface area (Å²) < 4.78 is 0. The van der Waals surface area contributed by atoms with E-state index in [2.05, 4.69) is 40.5 Å². The number of para-hydroxylation sites is 1. The molecule has 0 spiro atoms. The molecule has 19 heavy (non-hydrogen) atoms. The zero-order valence-corrected chi connectivity index (χ0v) is 10.4. The van der Waals surface area contributed by atoms with Gasteiger partial charge in [0.2, 0.25) is 0 Å². The number of nitrogens with zero attached hydrogens (tertiary/aromatic N) is 2. The molecule has 94 valence electrons. The van der Waals surface area contributed by atoms with Gasteiger partial charge in [-0.15, -0.1) is 0 Å². The van der Waals surface area contributed by atoms with Crippen molar-refractivity contribution in [3.63, 3.8) is 0 Å². The minimum Gasteiger partial charge on any atom is -0.411 e. The summed E-state index contributed by atoms with van der Waals surface area (Å²) in [4.78, 5) is 2.18. The first-order valence-electron chi connectivity index (χ1n) is 6.18. The van der Waals surface area contributed by atoms with Crippen molar-refractivity contribution in [1.29, 1.82) is 0 Å². The fourth-order valence-electron chi connectivity index (χ4n) is 2.34. The lowest BCUT2D eigenvalue weighted by Gasteiger charge is -2.26. The third kappa shape index (κ3) is 2.22. The molecule has 0 radical (unpaired) electrons. The number of hydrogen-bond donors (Lipinski definition) is 1. The van der Waals surface area contributed by atoms with Crippen LogP contribution in [0.2, 0.25) is 0 Å². The number of anilines is 1. The average Bonchev–Trinajstić information content (AvgIpc) is 2.48. The third-order valence-electron chi connectivity index (χ3n) is 3.30. The highest BCUT2D eigenvalue weighted by Gasteiger charge is 2.14. The van der Waals surface area contributed by atoms with E-state index in [0.717, 1.165) is 17.8 Å². The van der Waals surface area contributed by atoms with Crippen LogP contribution in [0.5, 0.6) is 0 Å². The zero-order valence-electron chi connectivity index (χ0n) is 10.4. The highest BCUT2D eigenvalue weighted by molar-refractivity contribution is 5.84. The van der Waals surface area contributed by atoms with Crippen LogP contribution in [0.15, 0.2) is 59.9 Å².